The van der Waals surface area contributed by atoms with E-state index in [1.807, 2.05) is 30.3 Å². The summed E-state index contributed by atoms with van der Waals surface area (Å²) in [4.78, 5) is 22.6. The van der Waals surface area contributed by atoms with Gasteiger partial charge in [0.05, 0.1) is 18.9 Å². The van der Waals surface area contributed by atoms with E-state index >= 15 is 0 Å². The van der Waals surface area contributed by atoms with E-state index in [4.69, 9.17) is 26.1 Å². The van der Waals surface area contributed by atoms with Crippen LogP contribution in [0.5, 0.6) is 6.01 Å². The van der Waals surface area contributed by atoms with E-state index in [-0.39, 0.29) is 17.9 Å². The Labute approximate surface area is 202 Å². The van der Waals surface area contributed by atoms with Crippen LogP contribution in [0, 0.1) is 0 Å². The number of H-pyrrole nitrogens is 1. The maximum atomic E-state index is 11.9. The number of ether oxygens (including phenoxy) is 2. The van der Waals surface area contributed by atoms with Gasteiger partial charge in [-0.2, -0.15) is 10.1 Å². The Kier molecular flexibility index (Phi) is 6.75. The molecule has 0 spiro atoms. The van der Waals surface area contributed by atoms with Crippen LogP contribution in [0.25, 0.3) is 22.5 Å². The number of aliphatic hydroxyl groups excluding tert-OH is 1. The molecule has 1 amide bonds. The van der Waals surface area contributed by atoms with E-state index in [1.54, 1.807) is 11.1 Å². The average molecular weight is 484 g/mol. The molecule has 0 aliphatic carbocycles. The van der Waals surface area contributed by atoms with Crippen LogP contribution in [-0.2, 0) is 9.53 Å². The highest BCUT2D eigenvalue weighted by Crippen LogP contribution is 2.39. The molecule has 1 atom stereocenters. The minimum absolute atomic E-state index is 0.0526. The van der Waals surface area contributed by atoms with Gasteiger partial charge in [0, 0.05) is 53.5 Å². The third kappa shape index (κ3) is 4.77. The number of aliphatic hydroxyl groups is 1. The highest BCUT2D eigenvalue weighted by atomic mass is 35.5. The van der Waals surface area contributed by atoms with Crippen molar-refractivity contribution < 1.29 is 19.4 Å². The van der Waals surface area contributed by atoms with Crippen LogP contribution in [0.1, 0.15) is 30.9 Å². The van der Waals surface area contributed by atoms with Crippen molar-refractivity contribution in [3.63, 3.8) is 0 Å². The monoisotopic (exact) mass is 483 g/mol. The van der Waals surface area contributed by atoms with Crippen LogP contribution in [0.4, 0.5) is 0 Å². The van der Waals surface area contributed by atoms with E-state index in [0.29, 0.717) is 43.0 Å². The van der Waals surface area contributed by atoms with Crippen molar-refractivity contribution >= 4 is 17.5 Å². The number of carbonyl (C=O) groups excluding carboxylic acids is 1. The van der Waals surface area contributed by atoms with Gasteiger partial charge in [-0.1, -0.05) is 23.7 Å². The molecular formula is C24H26ClN5O4. The molecule has 2 fully saturated rings. The predicted molar refractivity (Wildman–Crippen MR) is 126 cm³/mol. The van der Waals surface area contributed by atoms with E-state index in [1.165, 1.54) is 0 Å². The Hall–Kier alpha value is -3.01. The van der Waals surface area contributed by atoms with Crippen molar-refractivity contribution in [2.45, 2.75) is 31.3 Å². The van der Waals surface area contributed by atoms with Crippen molar-refractivity contribution in [2.24, 2.45) is 0 Å². The summed E-state index contributed by atoms with van der Waals surface area (Å²) in [7, 11) is 0. The number of carbonyl (C=O) groups is 1. The quantitative estimate of drug-likeness (QED) is 0.554. The number of hydrogen-bond donors (Lipinski definition) is 2. The molecule has 10 heteroatoms. The first-order chi connectivity index (χ1) is 16.6. The number of nitrogens with zero attached hydrogens (tertiary/aromatic N) is 4. The van der Waals surface area contributed by atoms with Crippen LogP contribution in [0.15, 0.2) is 36.5 Å². The maximum absolute atomic E-state index is 11.9. The number of piperidine rings is 1. The number of nitrogens with one attached hydrogen (secondary N) is 1. The van der Waals surface area contributed by atoms with Gasteiger partial charge < -0.3 is 19.5 Å². The largest absolute Gasteiger partial charge is 0.458 e. The van der Waals surface area contributed by atoms with Crippen molar-refractivity contribution in [1.82, 2.24) is 25.1 Å². The predicted octanol–water partition coefficient (Wildman–Crippen LogP) is 3.05. The van der Waals surface area contributed by atoms with E-state index in [9.17, 15) is 9.90 Å². The first-order valence-electron chi connectivity index (χ1n) is 11.4. The molecule has 0 unspecified atom stereocenters. The van der Waals surface area contributed by atoms with Crippen LogP contribution in [-0.4, -0.2) is 75.1 Å². The smallest absolute Gasteiger partial charge is 0.317 e. The van der Waals surface area contributed by atoms with Crippen LogP contribution < -0.4 is 4.74 Å². The van der Waals surface area contributed by atoms with Gasteiger partial charge >= 0.3 is 6.01 Å². The van der Waals surface area contributed by atoms with Gasteiger partial charge in [0.2, 0.25) is 5.91 Å². The van der Waals surface area contributed by atoms with Crippen LogP contribution >= 0.6 is 11.6 Å². The Morgan fingerprint density at radius 1 is 1.21 bits per heavy atom. The molecule has 3 aromatic rings. The topological polar surface area (TPSA) is 113 Å². The minimum atomic E-state index is -0.462. The molecular weight excluding hydrogens is 458 g/mol. The molecule has 178 valence electrons. The minimum Gasteiger partial charge on any atom is -0.458 e. The van der Waals surface area contributed by atoms with Gasteiger partial charge in [-0.3, -0.25) is 9.89 Å². The number of aromatic nitrogens is 4. The molecule has 2 N–H and O–H groups in total. The fourth-order valence-corrected chi connectivity index (χ4v) is 4.66. The third-order valence-corrected chi connectivity index (χ3v) is 6.60. The second-order valence-electron chi connectivity index (χ2n) is 8.51. The lowest BCUT2D eigenvalue weighted by Crippen LogP contribution is -2.39. The average Bonchev–Trinajstić information content (AvgIpc) is 3.54. The van der Waals surface area contributed by atoms with Crippen molar-refractivity contribution in [1.29, 1.82) is 0 Å². The number of halogens is 1. The van der Waals surface area contributed by atoms with Crippen LogP contribution in [0.3, 0.4) is 0 Å². The highest BCUT2D eigenvalue weighted by Gasteiger charge is 2.29. The normalized spacial score (nSPS) is 18.9. The van der Waals surface area contributed by atoms with Crippen molar-refractivity contribution in [3.8, 4) is 28.5 Å². The van der Waals surface area contributed by atoms with E-state index in [2.05, 4.69) is 15.2 Å². The summed E-state index contributed by atoms with van der Waals surface area (Å²) < 4.78 is 11.4. The lowest BCUT2D eigenvalue weighted by Gasteiger charge is -2.31. The fourth-order valence-electron chi connectivity index (χ4n) is 4.54. The van der Waals surface area contributed by atoms with Gasteiger partial charge in [0.1, 0.15) is 18.4 Å². The number of benzene rings is 1. The van der Waals surface area contributed by atoms with E-state index < -0.39 is 6.61 Å². The van der Waals surface area contributed by atoms with Gasteiger partial charge in [-0.25, -0.2) is 4.98 Å². The lowest BCUT2D eigenvalue weighted by atomic mass is 9.89. The van der Waals surface area contributed by atoms with Crippen molar-refractivity contribution in [3.05, 3.63) is 47.2 Å². The number of rotatable bonds is 6. The molecule has 0 radical (unpaired) electrons. The molecule has 0 saturated carbocycles. The first kappa shape index (κ1) is 22.8. The number of likely N-dealkylation sites (tertiary alicyclic amines) is 1. The molecule has 2 saturated heterocycles. The fraction of sp³-hybridized carbons (Fsp3) is 0.417. The SMILES string of the molecule is O=C(CO)N1CCC(c2[nH]nc(-c3ccc(Cl)cc3)c2-c2ccnc(O[C@H]3CCOC3)n2)CC1. The molecule has 2 aliphatic rings. The van der Waals surface area contributed by atoms with Gasteiger partial charge in [-0.05, 0) is 31.0 Å². The number of aromatic amines is 1. The standard InChI is InChI=1S/C24H26ClN5O4/c25-17-3-1-15(2-4-17)22-21(19-5-9-26-24(27-19)34-18-8-12-33-14-18)23(29-28-22)16-6-10-30(11-7-16)20(32)13-31/h1-5,9,16,18,31H,6-8,10-14H2,(H,28,29)/t18-/m0/s1. The molecule has 5 rings (SSSR count). The summed E-state index contributed by atoms with van der Waals surface area (Å²) in [5, 5.41) is 17.8. The molecule has 34 heavy (non-hydrogen) atoms. The maximum Gasteiger partial charge on any atom is 0.317 e. The Morgan fingerprint density at radius 2 is 2.00 bits per heavy atom. The lowest BCUT2D eigenvalue weighted by molar-refractivity contribution is -0.135. The molecule has 9 nitrogen and oxygen atoms in total. The summed E-state index contributed by atoms with van der Waals surface area (Å²) in [5.41, 5.74) is 4.26. The first-order valence-corrected chi connectivity index (χ1v) is 11.8. The summed E-state index contributed by atoms with van der Waals surface area (Å²) in [6, 6.07) is 9.71. The molecule has 4 heterocycles. The highest BCUT2D eigenvalue weighted by molar-refractivity contribution is 6.30. The van der Waals surface area contributed by atoms with Crippen LogP contribution in [0.2, 0.25) is 5.02 Å². The Balaban J connectivity index is 1.50. The summed E-state index contributed by atoms with van der Waals surface area (Å²) in [6.07, 6.45) is 3.97. The number of hydrogen-bond acceptors (Lipinski definition) is 7. The zero-order chi connectivity index (χ0) is 23.5. The molecule has 1 aromatic carbocycles. The number of amides is 1. The zero-order valence-corrected chi connectivity index (χ0v) is 19.4. The zero-order valence-electron chi connectivity index (χ0n) is 18.6. The summed E-state index contributed by atoms with van der Waals surface area (Å²) in [5.74, 6) is -0.0764. The third-order valence-electron chi connectivity index (χ3n) is 6.35. The molecule has 2 aliphatic heterocycles. The van der Waals surface area contributed by atoms with Gasteiger partial charge in [0.15, 0.2) is 0 Å². The Bertz CT molecular complexity index is 1140. The summed E-state index contributed by atoms with van der Waals surface area (Å²) in [6.45, 7) is 1.91. The van der Waals surface area contributed by atoms with Gasteiger partial charge in [-0.15, -0.1) is 0 Å². The van der Waals surface area contributed by atoms with Crippen molar-refractivity contribution in [2.75, 3.05) is 32.9 Å². The second-order valence-corrected chi connectivity index (χ2v) is 8.95. The Morgan fingerprint density at radius 3 is 2.71 bits per heavy atom. The molecule has 2 aromatic heterocycles. The van der Waals surface area contributed by atoms with E-state index in [0.717, 1.165) is 41.8 Å². The summed E-state index contributed by atoms with van der Waals surface area (Å²) >= 11 is 6.11. The molecule has 0 bridgehead atoms. The second kappa shape index (κ2) is 10.1. The van der Waals surface area contributed by atoms with Gasteiger partial charge in [0.25, 0.3) is 0 Å².